The molecule has 0 aliphatic heterocycles. The van der Waals surface area contributed by atoms with E-state index in [0.29, 0.717) is 0 Å². The van der Waals surface area contributed by atoms with E-state index < -0.39 is 0 Å². The molecule has 86 valence electrons. The van der Waals surface area contributed by atoms with Crippen molar-refractivity contribution in [3.8, 4) is 0 Å². The van der Waals surface area contributed by atoms with Crippen LogP contribution in [-0.4, -0.2) is 22.8 Å². The molecule has 0 fully saturated rings. The number of alkyl halides is 1. The predicted molar refractivity (Wildman–Crippen MR) is 75.9 cm³/mol. The first kappa shape index (κ1) is 11.9. The van der Waals surface area contributed by atoms with Gasteiger partial charge in [-0.1, -0.05) is 35.0 Å². The van der Waals surface area contributed by atoms with Crippen LogP contribution in [0.2, 0.25) is 0 Å². The van der Waals surface area contributed by atoms with Crippen molar-refractivity contribution in [3.05, 3.63) is 24.3 Å². The number of benzene rings is 1. The molecule has 16 heavy (non-hydrogen) atoms. The summed E-state index contributed by atoms with van der Waals surface area (Å²) >= 11 is 5.12. The molecule has 0 aliphatic rings. The highest BCUT2D eigenvalue weighted by atomic mass is 79.9. The first-order chi connectivity index (χ1) is 7.86. The van der Waals surface area contributed by atoms with Gasteiger partial charge >= 0.3 is 0 Å². The molecule has 1 aromatic heterocycles. The molecule has 0 radical (unpaired) electrons. The second kappa shape index (κ2) is 5.64. The number of hydrogen-bond donors (Lipinski definition) is 0. The van der Waals surface area contributed by atoms with Gasteiger partial charge in [0.1, 0.15) is 5.00 Å². The van der Waals surface area contributed by atoms with Gasteiger partial charge in [-0.15, -0.1) is 0 Å². The lowest BCUT2D eigenvalue weighted by Crippen LogP contribution is -2.25. The van der Waals surface area contributed by atoms with E-state index in [1.54, 1.807) is 11.5 Å². The topological polar surface area (TPSA) is 16.1 Å². The molecular weight excluding hydrogens is 284 g/mol. The van der Waals surface area contributed by atoms with Crippen LogP contribution in [-0.2, 0) is 0 Å². The molecule has 2 nitrogen and oxygen atoms in total. The van der Waals surface area contributed by atoms with Gasteiger partial charge in [0.05, 0.1) is 5.52 Å². The summed E-state index contributed by atoms with van der Waals surface area (Å²) in [6.45, 7) is 4.35. The fourth-order valence-corrected chi connectivity index (χ4v) is 3.13. The first-order valence-corrected chi connectivity index (χ1v) is 7.41. The highest BCUT2D eigenvalue weighted by molar-refractivity contribution is 9.09. The number of fused-ring (bicyclic) bond motifs is 1. The summed E-state index contributed by atoms with van der Waals surface area (Å²) < 4.78 is 4.49. The Balaban J connectivity index is 2.36. The quantitative estimate of drug-likeness (QED) is 0.778. The maximum atomic E-state index is 4.49. The average molecular weight is 299 g/mol. The monoisotopic (exact) mass is 298 g/mol. The molecule has 2 aromatic rings. The molecule has 2 rings (SSSR count). The molecule has 0 unspecified atom stereocenters. The van der Waals surface area contributed by atoms with Gasteiger partial charge in [0.2, 0.25) is 0 Å². The lowest BCUT2D eigenvalue weighted by molar-refractivity contribution is 0.807. The van der Waals surface area contributed by atoms with Crippen molar-refractivity contribution in [3.63, 3.8) is 0 Å². The first-order valence-electron chi connectivity index (χ1n) is 5.52. The molecule has 0 spiro atoms. The van der Waals surface area contributed by atoms with E-state index in [-0.39, 0.29) is 0 Å². The van der Waals surface area contributed by atoms with Crippen LogP contribution in [0.1, 0.15) is 13.3 Å². The van der Waals surface area contributed by atoms with Crippen LogP contribution in [0.5, 0.6) is 0 Å². The van der Waals surface area contributed by atoms with Crippen molar-refractivity contribution in [1.82, 2.24) is 4.37 Å². The van der Waals surface area contributed by atoms with Gasteiger partial charge in [-0.05, 0) is 30.1 Å². The van der Waals surface area contributed by atoms with Crippen LogP contribution >= 0.6 is 27.5 Å². The standard InChI is InChI=1S/C12H15BrN2S/c1-2-8-15(9-7-13)12-10-5-3-4-6-11(10)14-16-12/h3-6H,2,7-9H2,1H3. The summed E-state index contributed by atoms with van der Waals surface area (Å²) in [6.07, 6.45) is 1.17. The third kappa shape index (κ3) is 2.38. The number of anilines is 1. The van der Waals surface area contributed by atoms with Crippen molar-refractivity contribution in [2.45, 2.75) is 13.3 Å². The highest BCUT2D eigenvalue weighted by Gasteiger charge is 2.11. The minimum atomic E-state index is 0.999. The second-order valence-corrected chi connectivity index (χ2v) is 5.23. The van der Waals surface area contributed by atoms with Crippen LogP contribution in [0.15, 0.2) is 24.3 Å². The van der Waals surface area contributed by atoms with Crippen LogP contribution in [0.3, 0.4) is 0 Å². The molecule has 0 saturated carbocycles. The maximum absolute atomic E-state index is 4.49. The molecule has 0 saturated heterocycles. The number of halogens is 1. The van der Waals surface area contributed by atoms with Gasteiger partial charge in [-0.3, -0.25) is 0 Å². The molecule has 4 heteroatoms. The van der Waals surface area contributed by atoms with E-state index in [9.17, 15) is 0 Å². The summed E-state index contributed by atoms with van der Waals surface area (Å²) in [5.74, 6) is 0. The van der Waals surface area contributed by atoms with Crippen molar-refractivity contribution < 1.29 is 0 Å². The Hall–Kier alpha value is -0.610. The van der Waals surface area contributed by atoms with Gasteiger partial charge in [-0.25, -0.2) is 0 Å². The average Bonchev–Trinajstić information content (AvgIpc) is 2.72. The van der Waals surface area contributed by atoms with Crippen molar-refractivity contribution in [2.75, 3.05) is 23.3 Å². The summed E-state index contributed by atoms with van der Waals surface area (Å²) in [5.41, 5.74) is 1.11. The van der Waals surface area contributed by atoms with Crippen LogP contribution in [0, 0.1) is 0 Å². The number of nitrogens with zero attached hydrogens (tertiary/aromatic N) is 2. The van der Waals surface area contributed by atoms with Crippen molar-refractivity contribution in [1.29, 1.82) is 0 Å². The Morgan fingerprint density at radius 2 is 2.12 bits per heavy atom. The normalized spacial score (nSPS) is 10.9. The molecule has 0 amide bonds. The molecular formula is C12H15BrN2S. The zero-order chi connectivity index (χ0) is 11.4. The molecule has 1 heterocycles. The van der Waals surface area contributed by atoms with Gasteiger partial charge in [-0.2, -0.15) is 4.37 Å². The van der Waals surface area contributed by atoms with Gasteiger partial charge in [0, 0.05) is 23.8 Å². The summed E-state index contributed by atoms with van der Waals surface area (Å²) in [4.78, 5) is 2.41. The summed E-state index contributed by atoms with van der Waals surface area (Å²) in [7, 11) is 0. The zero-order valence-corrected chi connectivity index (χ0v) is 11.7. The lowest BCUT2D eigenvalue weighted by Gasteiger charge is -2.21. The van der Waals surface area contributed by atoms with Crippen LogP contribution in [0.25, 0.3) is 10.9 Å². The predicted octanol–water partition coefficient (Wildman–Crippen LogP) is 3.91. The largest absolute Gasteiger partial charge is 0.361 e. The third-order valence-electron chi connectivity index (χ3n) is 2.50. The second-order valence-electron chi connectivity index (χ2n) is 3.68. The van der Waals surface area contributed by atoms with Crippen LogP contribution in [0.4, 0.5) is 5.00 Å². The van der Waals surface area contributed by atoms with Gasteiger partial charge in [0.15, 0.2) is 0 Å². The minimum absolute atomic E-state index is 0.999. The summed E-state index contributed by atoms with van der Waals surface area (Å²) in [6, 6.07) is 8.36. The van der Waals surface area contributed by atoms with Crippen molar-refractivity contribution in [2.24, 2.45) is 0 Å². The number of hydrogen-bond acceptors (Lipinski definition) is 3. The summed E-state index contributed by atoms with van der Waals surface area (Å²) in [5, 5.41) is 3.58. The Kier molecular flexibility index (Phi) is 4.18. The zero-order valence-electron chi connectivity index (χ0n) is 9.32. The van der Waals surface area contributed by atoms with E-state index in [1.807, 2.05) is 6.07 Å². The van der Waals surface area contributed by atoms with Crippen molar-refractivity contribution >= 4 is 43.4 Å². The smallest absolute Gasteiger partial charge is 0.119 e. The van der Waals surface area contributed by atoms with E-state index in [0.717, 1.165) is 23.9 Å². The third-order valence-corrected chi connectivity index (χ3v) is 3.79. The molecule has 0 N–H and O–H groups in total. The Labute approximate surface area is 109 Å². The highest BCUT2D eigenvalue weighted by Crippen LogP contribution is 2.31. The SMILES string of the molecule is CCCN(CCBr)c1snc2ccccc12. The lowest BCUT2D eigenvalue weighted by atomic mass is 10.2. The maximum Gasteiger partial charge on any atom is 0.119 e. The van der Waals surface area contributed by atoms with Gasteiger partial charge in [0.25, 0.3) is 0 Å². The Morgan fingerprint density at radius 3 is 2.88 bits per heavy atom. The Bertz CT molecular complexity index is 449. The number of rotatable bonds is 5. The molecule has 0 aliphatic carbocycles. The number of aromatic nitrogens is 1. The minimum Gasteiger partial charge on any atom is -0.361 e. The Morgan fingerprint density at radius 1 is 1.31 bits per heavy atom. The van der Waals surface area contributed by atoms with E-state index >= 15 is 0 Å². The molecule has 0 bridgehead atoms. The van der Waals surface area contributed by atoms with Crippen LogP contribution < -0.4 is 4.90 Å². The van der Waals surface area contributed by atoms with Gasteiger partial charge < -0.3 is 4.90 Å². The van der Waals surface area contributed by atoms with E-state index in [1.165, 1.54) is 16.8 Å². The van der Waals surface area contributed by atoms with E-state index in [2.05, 4.69) is 50.3 Å². The molecule has 1 aromatic carbocycles. The fraction of sp³-hybridized carbons (Fsp3) is 0.417. The van der Waals surface area contributed by atoms with E-state index in [4.69, 9.17) is 0 Å². The fourth-order valence-electron chi connectivity index (χ4n) is 1.79. The molecule has 0 atom stereocenters.